The highest BCUT2D eigenvalue weighted by Crippen LogP contribution is 2.25. The number of carbonyl (C=O) groups is 2. The largest absolute Gasteiger partial charge is 0.497 e. The van der Waals surface area contributed by atoms with Crippen molar-refractivity contribution in [2.24, 2.45) is 11.7 Å². The van der Waals surface area contributed by atoms with Gasteiger partial charge in [-0.1, -0.05) is 26.0 Å². The third-order valence-corrected chi connectivity index (χ3v) is 4.59. The number of amides is 2. The lowest BCUT2D eigenvalue weighted by Gasteiger charge is -2.15. The van der Waals surface area contributed by atoms with E-state index in [1.807, 2.05) is 66.9 Å². The number of para-hydroxylation sites is 2. The van der Waals surface area contributed by atoms with Gasteiger partial charge in [-0.3, -0.25) is 19.5 Å². The van der Waals surface area contributed by atoms with E-state index in [4.69, 9.17) is 10.5 Å². The summed E-state index contributed by atoms with van der Waals surface area (Å²) in [4.78, 5) is 28.9. The van der Waals surface area contributed by atoms with Crippen molar-refractivity contribution in [3.05, 3.63) is 48.5 Å². The maximum atomic E-state index is 12.4. The van der Waals surface area contributed by atoms with Gasteiger partial charge in [-0.25, -0.2) is 4.98 Å². The van der Waals surface area contributed by atoms with E-state index in [0.717, 1.165) is 22.5 Å². The molecule has 1 atom stereocenters. The lowest BCUT2D eigenvalue weighted by molar-refractivity contribution is -0.125. The van der Waals surface area contributed by atoms with Gasteiger partial charge in [-0.2, -0.15) is 0 Å². The van der Waals surface area contributed by atoms with E-state index in [0.29, 0.717) is 5.95 Å². The lowest BCUT2D eigenvalue weighted by Crippen LogP contribution is -2.46. The molecule has 1 aromatic heterocycles. The normalized spacial score (nSPS) is 12.0. The van der Waals surface area contributed by atoms with Gasteiger partial charge in [0.1, 0.15) is 5.75 Å². The molecule has 0 unspecified atom stereocenters. The molecule has 29 heavy (non-hydrogen) atoms. The van der Waals surface area contributed by atoms with Crippen molar-refractivity contribution in [1.29, 1.82) is 0 Å². The van der Waals surface area contributed by atoms with Gasteiger partial charge in [0.2, 0.25) is 17.8 Å². The molecule has 8 heteroatoms. The Bertz CT molecular complexity index is 1010. The Morgan fingerprint density at radius 3 is 2.48 bits per heavy atom. The fourth-order valence-corrected chi connectivity index (χ4v) is 2.86. The Morgan fingerprint density at radius 2 is 1.83 bits per heavy atom. The predicted molar refractivity (Wildman–Crippen MR) is 112 cm³/mol. The Balaban J connectivity index is 1.83. The summed E-state index contributed by atoms with van der Waals surface area (Å²) in [5.41, 5.74) is 8.21. The van der Waals surface area contributed by atoms with Crippen LogP contribution < -0.4 is 21.1 Å². The minimum absolute atomic E-state index is 0.0164. The second-order valence-electron chi connectivity index (χ2n) is 6.99. The zero-order chi connectivity index (χ0) is 21.0. The van der Waals surface area contributed by atoms with E-state index >= 15 is 0 Å². The molecule has 0 saturated carbocycles. The Hall–Kier alpha value is -3.39. The van der Waals surface area contributed by atoms with Gasteiger partial charge < -0.3 is 15.8 Å². The number of imidazole rings is 1. The molecule has 2 aromatic carbocycles. The molecule has 3 rings (SSSR count). The van der Waals surface area contributed by atoms with Crippen molar-refractivity contribution in [3.63, 3.8) is 0 Å². The van der Waals surface area contributed by atoms with Gasteiger partial charge in [0.05, 0.1) is 30.7 Å². The quantitative estimate of drug-likeness (QED) is 0.567. The molecule has 0 radical (unpaired) electrons. The molecule has 1 heterocycles. The van der Waals surface area contributed by atoms with Crippen molar-refractivity contribution in [3.8, 4) is 11.4 Å². The highest BCUT2D eigenvalue weighted by molar-refractivity contribution is 5.96. The van der Waals surface area contributed by atoms with Gasteiger partial charge in [0.15, 0.2) is 0 Å². The van der Waals surface area contributed by atoms with Crippen molar-refractivity contribution < 1.29 is 14.3 Å². The van der Waals surface area contributed by atoms with Gasteiger partial charge in [-0.05, 0) is 42.3 Å². The number of rotatable bonds is 7. The number of nitrogens with two attached hydrogens (primary N) is 1. The van der Waals surface area contributed by atoms with E-state index in [1.54, 1.807) is 7.11 Å². The van der Waals surface area contributed by atoms with E-state index in [9.17, 15) is 9.59 Å². The fraction of sp³-hybridized carbons (Fsp3) is 0.286. The zero-order valence-electron chi connectivity index (χ0n) is 16.7. The molecule has 152 valence electrons. The van der Waals surface area contributed by atoms with Crippen LogP contribution in [0.5, 0.6) is 5.75 Å². The molecule has 3 aromatic rings. The van der Waals surface area contributed by atoms with Crippen molar-refractivity contribution in [2.75, 3.05) is 19.0 Å². The van der Waals surface area contributed by atoms with Gasteiger partial charge in [0.25, 0.3) is 0 Å². The number of fused-ring (bicyclic) bond motifs is 1. The monoisotopic (exact) mass is 395 g/mol. The number of anilines is 1. The Labute approximate surface area is 169 Å². The third kappa shape index (κ3) is 4.55. The summed E-state index contributed by atoms with van der Waals surface area (Å²) in [5.74, 6) is 0.326. The lowest BCUT2D eigenvalue weighted by atomic mass is 10.1. The van der Waals surface area contributed by atoms with Gasteiger partial charge in [0, 0.05) is 5.69 Å². The van der Waals surface area contributed by atoms with Crippen LogP contribution in [0.4, 0.5) is 5.95 Å². The third-order valence-electron chi connectivity index (χ3n) is 4.59. The minimum atomic E-state index is -0.660. The number of nitrogens with zero attached hydrogens (tertiary/aromatic N) is 2. The molecule has 0 aliphatic rings. The topological polar surface area (TPSA) is 111 Å². The first kappa shape index (κ1) is 20.3. The Morgan fingerprint density at radius 1 is 1.14 bits per heavy atom. The smallest absolute Gasteiger partial charge is 0.246 e. The number of nitrogens with one attached hydrogen (secondary N) is 2. The molecule has 4 N–H and O–H groups in total. The molecule has 2 amide bonds. The van der Waals surface area contributed by atoms with Gasteiger partial charge >= 0.3 is 0 Å². The summed E-state index contributed by atoms with van der Waals surface area (Å²) in [6.07, 6.45) is 0. The molecular weight excluding hydrogens is 370 g/mol. The van der Waals surface area contributed by atoms with Crippen LogP contribution in [0.1, 0.15) is 13.8 Å². The van der Waals surface area contributed by atoms with Crippen LogP contribution in [0.2, 0.25) is 0 Å². The van der Waals surface area contributed by atoms with Crippen LogP contribution in [-0.2, 0) is 9.59 Å². The van der Waals surface area contributed by atoms with Crippen molar-refractivity contribution in [1.82, 2.24) is 14.9 Å². The minimum Gasteiger partial charge on any atom is -0.497 e. The summed E-state index contributed by atoms with van der Waals surface area (Å²) in [7, 11) is 1.60. The molecule has 0 aliphatic heterocycles. The molecule has 0 spiro atoms. The molecule has 0 saturated heterocycles. The fourth-order valence-electron chi connectivity index (χ4n) is 2.86. The van der Waals surface area contributed by atoms with Crippen LogP contribution >= 0.6 is 0 Å². The van der Waals surface area contributed by atoms with Crippen LogP contribution in [0, 0.1) is 5.92 Å². The van der Waals surface area contributed by atoms with Crippen LogP contribution in [-0.4, -0.2) is 41.1 Å². The molecule has 0 bridgehead atoms. The molecule has 0 aliphatic carbocycles. The number of ether oxygens (including phenoxy) is 1. The second-order valence-corrected chi connectivity index (χ2v) is 6.99. The van der Waals surface area contributed by atoms with Crippen molar-refractivity contribution in [2.45, 2.75) is 19.9 Å². The van der Waals surface area contributed by atoms with E-state index < -0.39 is 6.04 Å². The maximum absolute atomic E-state index is 12.4. The summed E-state index contributed by atoms with van der Waals surface area (Å²) in [5, 5.41) is 5.34. The summed E-state index contributed by atoms with van der Waals surface area (Å²) >= 11 is 0. The number of methoxy groups -OCH3 is 1. The van der Waals surface area contributed by atoms with Crippen LogP contribution in [0.15, 0.2) is 48.5 Å². The second kappa shape index (κ2) is 8.74. The average Bonchev–Trinajstić information content (AvgIpc) is 3.09. The highest BCUT2D eigenvalue weighted by atomic mass is 16.5. The first-order valence-electron chi connectivity index (χ1n) is 9.35. The zero-order valence-corrected chi connectivity index (χ0v) is 16.7. The molecule has 0 fully saturated rings. The summed E-state index contributed by atoms with van der Waals surface area (Å²) in [6, 6.07) is 14.4. The Kier molecular flexibility index (Phi) is 6.13. The number of benzene rings is 2. The number of hydrogen-bond acceptors (Lipinski definition) is 5. The summed E-state index contributed by atoms with van der Waals surface area (Å²) in [6.45, 7) is 3.51. The molecule has 8 nitrogen and oxygen atoms in total. The highest BCUT2D eigenvalue weighted by Gasteiger charge is 2.19. The standard InChI is InChI=1S/C21H25N5O3/c1-13(2)19(22)20(28)23-12-18(27)25-21-24-16-6-4-5-7-17(16)26(21)14-8-10-15(29-3)11-9-14/h4-11,13,19H,12,22H2,1-3H3,(H,23,28)(H,24,25,27)/t19-/m0/s1. The average molecular weight is 395 g/mol. The number of aromatic nitrogens is 2. The van der Waals surface area contributed by atoms with E-state index in [1.165, 1.54) is 0 Å². The predicted octanol–water partition coefficient (Wildman–Crippen LogP) is 2.07. The first-order valence-corrected chi connectivity index (χ1v) is 9.35. The van der Waals surface area contributed by atoms with Gasteiger partial charge in [-0.15, -0.1) is 0 Å². The van der Waals surface area contributed by atoms with Crippen LogP contribution in [0.3, 0.4) is 0 Å². The maximum Gasteiger partial charge on any atom is 0.246 e. The SMILES string of the molecule is COc1ccc(-n2c(NC(=O)CNC(=O)[C@@H](N)C(C)C)nc3ccccc32)cc1. The van der Waals surface area contributed by atoms with Crippen molar-refractivity contribution >= 4 is 28.8 Å². The number of carbonyl (C=O) groups excluding carboxylic acids is 2. The molecular formula is C21H25N5O3. The first-order chi connectivity index (χ1) is 13.9. The van der Waals surface area contributed by atoms with E-state index in [2.05, 4.69) is 15.6 Å². The summed E-state index contributed by atoms with van der Waals surface area (Å²) < 4.78 is 7.06. The van der Waals surface area contributed by atoms with Crippen LogP contribution in [0.25, 0.3) is 16.7 Å². The van der Waals surface area contributed by atoms with E-state index in [-0.39, 0.29) is 24.3 Å². The number of hydrogen-bond donors (Lipinski definition) is 3.